The number of thiophene rings is 1. The monoisotopic (exact) mass is 555 g/mol. The van der Waals surface area contributed by atoms with Gasteiger partial charge in [0.15, 0.2) is 17.5 Å². The number of furan rings is 1. The van der Waals surface area contributed by atoms with E-state index >= 15 is 0 Å². The van der Waals surface area contributed by atoms with Crippen LogP contribution in [0.5, 0.6) is 11.5 Å². The third-order valence-electron chi connectivity index (χ3n) is 4.61. The van der Waals surface area contributed by atoms with Gasteiger partial charge < -0.3 is 24.5 Å². The molecule has 0 bridgehead atoms. The lowest BCUT2D eigenvalue weighted by molar-refractivity contribution is 0.354. The molecule has 0 saturated heterocycles. The minimum atomic E-state index is 0. The van der Waals surface area contributed by atoms with Crippen LogP contribution in [0.15, 0.2) is 63.5 Å². The summed E-state index contributed by atoms with van der Waals surface area (Å²) in [5, 5.41) is 8.94. The summed E-state index contributed by atoms with van der Waals surface area (Å²) in [6.45, 7) is 2.27. The molecule has 2 N–H and O–H groups in total. The Morgan fingerprint density at radius 3 is 2.45 bits per heavy atom. The molecule has 6 nitrogen and oxygen atoms in total. The van der Waals surface area contributed by atoms with Crippen LogP contribution in [-0.4, -0.2) is 39.8 Å². The Balaban J connectivity index is 0.00000341. The van der Waals surface area contributed by atoms with E-state index in [2.05, 4.69) is 34.2 Å². The zero-order chi connectivity index (χ0) is 21.0. The molecule has 0 spiro atoms. The van der Waals surface area contributed by atoms with E-state index in [4.69, 9.17) is 18.9 Å². The van der Waals surface area contributed by atoms with Gasteiger partial charge in [-0.25, -0.2) is 0 Å². The fraction of sp³-hybridized carbons (Fsp3) is 0.348. The highest BCUT2D eigenvalue weighted by atomic mass is 127. The first-order valence-corrected chi connectivity index (χ1v) is 10.9. The van der Waals surface area contributed by atoms with E-state index in [1.54, 1.807) is 31.8 Å². The Labute approximate surface area is 205 Å². The van der Waals surface area contributed by atoms with E-state index in [9.17, 15) is 0 Å². The number of rotatable bonds is 11. The van der Waals surface area contributed by atoms with Gasteiger partial charge in [0.25, 0.3) is 0 Å². The van der Waals surface area contributed by atoms with Crippen molar-refractivity contribution in [3.63, 3.8) is 0 Å². The number of aliphatic imine (C=N–C) groups is 1. The fourth-order valence-electron chi connectivity index (χ4n) is 3.03. The van der Waals surface area contributed by atoms with Crippen molar-refractivity contribution in [2.24, 2.45) is 4.99 Å². The summed E-state index contributed by atoms with van der Waals surface area (Å²) in [6.07, 6.45) is 4.31. The van der Waals surface area contributed by atoms with E-state index in [1.807, 2.05) is 24.3 Å². The van der Waals surface area contributed by atoms with E-state index in [0.29, 0.717) is 0 Å². The van der Waals surface area contributed by atoms with Crippen molar-refractivity contribution >= 4 is 41.3 Å². The Bertz CT molecular complexity index is 899. The van der Waals surface area contributed by atoms with Crippen LogP contribution in [0.2, 0.25) is 0 Å². The molecule has 0 aliphatic rings. The Hall–Kier alpha value is -2.20. The minimum Gasteiger partial charge on any atom is -0.493 e. The second kappa shape index (κ2) is 14.0. The molecule has 0 radical (unpaired) electrons. The quantitative estimate of drug-likeness (QED) is 0.207. The standard InChI is InChI=1S/C23H29N3O3S.HI/c1-27-21-8-7-18(17-22(21)28-2)9-12-24-23(25-13-10-19-5-3-15-29-19)26-14-11-20-6-4-16-30-20;/h3-8,15-17H,9-14H2,1-2H3,(H2,24,25,26);1H. The van der Waals surface area contributed by atoms with E-state index in [1.165, 1.54) is 10.4 Å². The maximum absolute atomic E-state index is 5.40. The molecular formula is C23H30IN3O3S. The number of ether oxygens (including phenoxy) is 2. The molecule has 0 saturated carbocycles. The summed E-state index contributed by atoms with van der Waals surface area (Å²) in [5.41, 5.74) is 1.17. The largest absolute Gasteiger partial charge is 0.493 e. The fourth-order valence-corrected chi connectivity index (χ4v) is 3.73. The minimum absolute atomic E-state index is 0. The van der Waals surface area contributed by atoms with E-state index in [0.717, 1.165) is 62.1 Å². The summed E-state index contributed by atoms with van der Waals surface area (Å²) in [5.74, 6) is 3.27. The molecule has 1 aromatic carbocycles. The van der Waals surface area contributed by atoms with Crippen LogP contribution in [0.25, 0.3) is 0 Å². The van der Waals surface area contributed by atoms with Gasteiger partial charge in [-0.15, -0.1) is 35.3 Å². The molecule has 0 fully saturated rings. The number of nitrogens with zero attached hydrogens (tertiary/aromatic N) is 1. The van der Waals surface area contributed by atoms with Crippen LogP contribution in [0.3, 0.4) is 0 Å². The third-order valence-corrected chi connectivity index (χ3v) is 5.54. The van der Waals surface area contributed by atoms with Gasteiger partial charge in [0.05, 0.1) is 20.5 Å². The first-order valence-electron chi connectivity index (χ1n) is 10.1. The highest BCUT2D eigenvalue weighted by Crippen LogP contribution is 2.27. The average Bonchev–Trinajstić information content (AvgIpc) is 3.47. The molecule has 0 aliphatic heterocycles. The molecule has 2 heterocycles. The van der Waals surface area contributed by atoms with Gasteiger partial charge in [0, 0.05) is 37.4 Å². The van der Waals surface area contributed by atoms with Crippen LogP contribution in [0, 0.1) is 0 Å². The van der Waals surface area contributed by atoms with Crippen molar-refractivity contribution in [1.29, 1.82) is 0 Å². The number of hydrogen-bond donors (Lipinski definition) is 2. The first-order chi connectivity index (χ1) is 14.8. The van der Waals surface area contributed by atoms with E-state index < -0.39 is 0 Å². The summed E-state index contributed by atoms with van der Waals surface area (Å²) in [7, 11) is 3.30. The molecule has 3 rings (SSSR count). The molecule has 8 heteroatoms. The number of methoxy groups -OCH3 is 2. The van der Waals surface area contributed by atoms with Crippen molar-refractivity contribution in [2.75, 3.05) is 33.9 Å². The smallest absolute Gasteiger partial charge is 0.191 e. The molecule has 0 aliphatic carbocycles. The molecule has 31 heavy (non-hydrogen) atoms. The number of benzene rings is 1. The highest BCUT2D eigenvalue weighted by molar-refractivity contribution is 14.0. The lowest BCUT2D eigenvalue weighted by Gasteiger charge is -2.13. The lowest BCUT2D eigenvalue weighted by atomic mass is 10.1. The number of hydrogen-bond acceptors (Lipinski definition) is 5. The summed E-state index contributed by atoms with van der Waals surface area (Å²) >= 11 is 1.77. The van der Waals surface area contributed by atoms with Gasteiger partial charge in [-0.1, -0.05) is 12.1 Å². The van der Waals surface area contributed by atoms with Gasteiger partial charge in [-0.2, -0.15) is 0 Å². The molecule has 0 atom stereocenters. The Morgan fingerprint density at radius 2 is 1.77 bits per heavy atom. The zero-order valence-corrected chi connectivity index (χ0v) is 21.1. The Morgan fingerprint density at radius 1 is 0.968 bits per heavy atom. The first kappa shape index (κ1) is 25.1. The van der Waals surface area contributed by atoms with Crippen LogP contribution < -0.4 is 20.1 Å². The predicted octanol–water partition coefficient (Wildman–Crippen LogP) is 4.54. The second-order valence-electron chi connectivity index (χ2n) is 6.68. The van der Waals surface area contributed by atoms with Gasteiger partial charge in [0.1, 0.15) is 5.76 Å². The van der Waals surface area contributed by atoms with Crippen LogP contribution in [0.4, 0.5) is 0 Å². The molecule has 0 amide bonds. The van der Waals surface area contributed by atoms with Crippen LogP contribution >= 0.6 is 35.3 Å². The predicted molar refractivity (Wildman–Crippen MR) is 137 cm³/mol. The highest BCUT2D eigenvalue weighted by Gasteiger charge is 2.05. The van der Waals surface area contributed by atoms with Gasteiger partial charge >= 0.3 is 0 Å². The van der Waals surface area contributed by atoms with Gasteiger partial charge in [-0.05, 0) is 47.7 Å². The van der Waals surface area contributed by atoms with Crippen LogP contribution in [-0.2, 0) is 19.3 Å². The SMILES string of the molecule is COc1ccc(CCNC(=NCCc2cccs2)NCCc2ccco2)cc1OC.I. The van der Waals surface area contributed by atoms with Crippen molar-refractivity contribution in [2.45, 2.75) is 19.3 Å². The summed E-state index contributed by atoms with van der Waals surface area (Å²) in [4.78, 5) is 6.08. The summed E-state index contributed by atoms with van der Waals surface area (Å²) < 4.78 is 16.1. The van der Waals surface area contributed by atoms with Crippen LogP contribution in [0.1, 0.15) is 16.2 Å². The molecular weight excluding hydrogens is 525 g/mol. The third kappa shape index (κ3) is 8.45. The maximum Gasteiger partial charge on any atom is 0.191 e. The van der Waals surface area contributed by atoms with Crippen molar-refractivity contribution in [3.8, 4) is 11.5 Å². The maximum atomic E-state index is 5.40. The van der Waals surface area contributed by atoms with Crippen molar-refractivity contribution in [1.82, 2.24) is 10.6 Å². The molecule has 2 aromatic heterocycles. The molecule has 3 aromatic rings. The zero-order valence-electron chi connectivity index (χ0n) is 17.9. The van der Waals surface area contributed by atoms with E-state index in [-0.39, 0.29) is 24.0 Å². The normalized spacial score (nSPS) is 11.0. The van der Waals surface area contributed by atoms with Crippen molar-refractivity contribution < 1.29 is 13.9 Å². The molecule has 168 valence electrons. The molecule has 0 unspecified atom stereocenters. The van der Waals surface area contributed by atoms with Crippen molar-refractivity contribution in [3.05, 3.63) is 70.3 Å². The van der Waals surface area contributed by atoms with Gasteiger partial charge in [-0.3, -0.25) is 4.99 Å². The van der Waals surface area contributed by atoms with Gasteiger partial charge in [0.2, 0.25) is 0 Å². The Kier molecular flexibility index (Phi) is 11.3. The lowest BCUT2D eigenvalue weighted by Crippen LogP contribution is -2.39. The summed E-state index contributed by atoms with van der Waals surface area (Å²) in [6, 6.07) is 14.1. The number of nitrogens with one attached hydrogen (secondary N) is 2. The number of halogens is 1. The average molecular weight is 555 g/mol. The topological polar surface area (TPSA) is 68.0 Å². The number of guanidine groups is 1. The second-order valence-corrected chi connectivity index (χ2v) is 7.71.